The van der Waals surface area contributed by atoms with Crippen LogP contribution in [0.5, 0.6) is 5.75 Å². The number of methoxy groups -OCH3 is 1. The Balaban J connectivity index is 1.56. The van der Waals surface area contributed by atoms with Crippen molar-refractivity contribution in [3.8, 4) is 5.75 Å². The molecule has 1 aliphatic rings. The van der Waals surface area contributed by atoms with Crippen molar-refractivity contribution in [3.05, 3.63) is 83.7 Å². The number of carbonyl (C=O) groups is 1. The second kappa shape index (κ2) is 8.13. The Morgan fingerprint density at radius 3 is 2.82 bits per heavy atom. The predicted octanol–water partition coefficient (Wildman–Crippen LogP) is 4.30. The smallest absolute Gasteiger partial charge is 0.257 e. The van der Waals surface area contributed by atoms with Crippen LogP contribution < -0.4 is 15.0 Å². The van der Waals surface area contributed by atoms with Gasteiger partial charge in [0.15, 0.2) is 0 Å². The molecule has 5 heteroatoms. The van der Waals surface area contributed by atoms with Crippen LogP contribution in [-0.4, -0.2) is 24.5 Å². The summed E-state index contributed by atoms with van der Waals surface area (Å²) >= 11 is 0. The summed E-state index contributed by atoms with van der Waals surface area (Å²) in [5, 5.41) is 2.93. The average molecular weight is 373 g/mol. The number of rotatable bonds is 5. The molecule has 142 valence electrons. The first-order valence-corrected chi connectivity index (χ1v) is 9.46. The summed E-state index contributed by atoms with van der Waals surface area (Å²) in [6.07, 6.45) is 3.68. The molecule has 0 saturated carbocycles. The van der Waals surface area contributed by atoms with Crippen molar-refractivity contribution in [1.82, 2.24) is 4.98 Å². The Morgan fingerprint density at radius 1 is 1.14 bits per heavy atom. The van der Waals surface area contributed by atoms with Crippen LogP contribution >= 0.6 is 0 Å². The normalized spacial score (nSPS) is 13.0. The van der Waals surface area contributed by atoms with E-state index in [1.54, 1.807) is 19.4 Å². The quantitative estimate of drug-likeness (QED) is 0.725. The molecule has 4 rings (SSSR count). The first-order valence-electron chi connectivity index (χ1n) is 9.46. The molecule has 2 heterocycles. The van der Waals surface area contributed by atoms with Gasteiger partial charge in [-0.15, -0.1) is 0 Å². The van der Waals surface area contributed by atoms with E-state index in [1.165, 1.54) is 5.56 Å². The Labute approximate surface area is 165 Å². The molecule has 0 fully saturated rings. The number of anilines is 2. The summed E-state index contributed by atoms with van der Waals surface area (Å²) in [7, 11) is 1.61. The van der Waals surface area contributed by atoms with Gasteiger partial charge in [-0.1, -0.05) is 36.4 Å². The van der Waals surface area contributed by atoms with Gasteiger partial charge in [-0.25, -0.2) is 0 Å². The van der Waals surface area contributed by atoms with Gasteiger partial charge in [0.05, 0.1) is 24.1 Å². The lowest BCUT2D eigenvalue weighted by molar-refractivity contribution is 0.102. The van der Waals surface area contributed by atoms with Crippen LogP contribution in [-0.2, 0) is 13.0 Å². The van der Waals surface area contributed by atoms with E-state index in [2.05, 4.69) is 39.5 Å². The van der Waals surface area contributed by atoms with Crippen LogP contribution in [0.3, 0.4) is 0 Å². The maximum absolute atomic E-state index is 12.8. The zero-order chi connectivity index (χ0) is 19.3. The molecule has 3 aromatic rings. The lowest BCUT2D eigenvalue weighted by atomic mass is 10.0. The summed E-state index contributed by atoms with van der Waals surface area (Å²) in [6, 6.07) is 19.7. The molecule has 1 aromatic heterocycles. The minimum absolute atomic E-state index is 0.172. The Morgan fingerprint density at radius 2 is 2.00 bits per heavy atom. The average Bonchev–Trinajstić information content (AvgIpc) is 2.74. The minimum atomic E-state index is -0.172. The van der Waals surface area contributed by atoms with E-state index in [4.69, 9.17) is 4.74 Å². The Kier molecular flexibility index (Phi) is 5.24. The SMILES string of the molecule is COc1cccc(NC(=O)c2cnc3c(c2)N(Cc2ccccc2)CCC3)c1. The highest BCUT2D eigenvalue weighted by atomic mass is 16.5. The molecule has 0 saturated heterocycles. The molecule has 0 bridgehead atoms. The number of amides is 1. The fourth-order valence-corrected chi connectivity index (χ4v) is 3.50. The number of fused-ring (bicyclic) bond motifs is 1. The molecule has 5 nitrogen and oxygen atoms in total. The van der Waals surface area contributed by atoms with Crippen molar-refractivity contribution in [1.29, 1.82) is 0 Å². The summed E-state index contributed by atoms with van der Waals surface area (Å²) in [5.41, 5.74) is 4.61. The maximum atomic E-state index is 12.8. The van der Waals surface area contributed by atoms with Crippen molar-refractivity contribution in [3.63, 3.8) is 0 Å². The second-order valence-corrected chi connectivity index (χ2v) is 6.89. The van der Waals surface area contributed by atoms with Gasteiger partial charge in [0, 0.05) is 31.0 Å². The van der Waals surface area contributed by atoms with E-state index in [0.717, 1.165) is 37.3 Å². The molecule has 0 aliphatic carbocycles. The number of aromatic nitrogens is 1. The molecule has 0 spiro atoms. The topological polar surface area (TPSA) is 54.5 Å². The number of pyridine rings is 1. The number of nitrogens with one attached hydrogen (secondary N) is 1. The number of hydrogen-bond acceptors (Lipinski definition) is 4. The summed E-state index contributed by atoms with van der Waals surface area (Å²) in [5.74, 6) is 0.532. The van der Waals surface area contributed by atoms with Gasteiger partial charge in [-0.3, -0.25) is 9.78 Å². The molecular formula is C23H23N3O2. The van der Waals surface area contributed by atoms with Crippen LogP contribution in [0.25, 0.3) is 0 Å². The van der Waals surface area contributed by atoms with Crippen LogP contribution in [0.4, 0.5) is 11.4 Å². The van der Waals surface area contributed by atoms with Crippen molar-refractivity contribution >= 4 is 17.3 Å². The zero-order valence-corrected chi connectivity index (χ0v) is 15.9. The van der Waals surface area contributed by atoms with E-state index in [9.17, 15) is 4.79 Å². The van der Waals surface area contributed by atoms with Crippen molar-refractivity contribution in [2.75, 3.05) is 23.9 Å². The summed E-state index contributed by atoms with van der Waals surface area (Å²) in [6.45, 7) is 1.78. The van der Waals surface area contributed by atoms with E-state index < -0.39 is 0 Å². The van der Waals surface area contributed by atoms with E-state index in [0.29, 0.717) is 17.0 Å². The third-order valence-corrected chi connectivity index (χ3v) is 4.94. The van der Waals surface area contributed by atoms with E-state index in [1.807, 2.05) is 30.3 Å². The van der Waals surface area contributed by atoms with Crippen LogP contribution in [0.2, 0.25) is 0 Å². The van der Waals surface area contributed by atoms with Crippen LogP contribution in [0.1, 0.15) is 28.0 Å². The van der Waals surface area contributed by atoms with Crippen molar-refractivity contribution < 1.29 is 9.53 Å². The summed E-state index contributed by atoms with van der Waals surface area (Å²) in [4.78, 5) is 19.6. The first-order chi connectivity index (χ1) is 13.7. The molecular weight excluding hydrogens is 350 g/mol. The zero-order valence-electron chi connectivity index (χ0n) is 15.9. The number of hydrogen-bond donors (Lipinski definition) is 1. The third kappa shape index (κ3) is 3.98. The minimum Gasteiger partial charge on any atom is -0.497 e. The van der Waals surface area contributed by atoms with Gasteiger partial charge < -0.3 is 15.0 Å². The van der Waals surface area contributed by atoms with Gasteiger partial charge in [0.25, 0.3) is 5.91 Å². The maximum Gasteiger partial charge on any atom is 0.257 e. The number of benzene rings is 2. The fraction of sp³-hybridized carbons (Fsp3) is 0.217. The highest BCUT2D eigenvalue weighted by Gasteiger charge is 2.20. The third-order valence-electron chi connectivity index (χ3n) is 4.94. The lowest BCUT2D eigenvalue weighted by Crippen LogP contribution is -2.30. The van der Waals surface area contributed by atoms with Gasteiger partial charge in [0.2, 0.25) is 0 Å². The molecule has 0 radical (unpaired) electrons. The fourth-order valence-electron chi connectivity index (χ4n) is 3.50. The van der Waals surface area contributed by atoms with E-state index >= 15 is 0 Å². The standard InChI is InChI=1S/C23H23N3O2/c1-28-20-10-5-9-19(14-20)25-23(27)18-13-22-21(24-15-18)11-6-12-26(22)16-17-7-3-2-4-8-17/h2-5,7-10,13-15H,6,11-12,16H2,1H3,(H,25,27). The number of nitrogens with zero attached hydrogens (tertiary/aromatic N) is 2. The van der Waals surface area contributed by atoms with Crippen molar-refractivity contribution in [2.45, 2.75) is 19.4 Å². The molecule has 1 amide bonds. The first kappa shape index (κ1) is 18.0. The van der Waals surface area contributed by atoms with Crippen LogP contribution in [0, 0.1) is 0 Å². The molecule has 1 N–H and O–H groups in total. The van der Waals surface area contributed by atoms with Gasteiger partial charge in [-0.2, -0.15) is 0 Å². The monoisotopic (exact) mass is 373 g/mol. The number of ether oxygens (including phenoxy) is 1. The molecule has 28 heavy (non-hydrogen) atoms. The molecule has 1 aliphatic heterocycles. The van der Waals surface area contributed by atoms with Gasteiger partial charge in [0.1, 0.15) is 5.75 Å². The number of carbonyl (C=O) groups excluding carboxylic acids is 1. The number of aryl methyl sites for hydroxylation is 1. The highest BCUT2D eigenvalue weighted by Crippen LogP contribution is 2.28. The Hall–Kier alpha value is -3.34. The predicted molar refractivity (Wildman–Crippen MR) is 111 cm³/mol. The van der Waals surface area contributed by atoms with Gasteiger partial charge in [-0.05, 0) is 36.6 Å². The second-order valence-electron chi connectivity index (χ2n) is 6.89. The van der Waals surface area contributed by atoms with E-state index in [-0.39, 0.29) is 5.91 Å². The molecule has 0 unspecified atom stereocenters. The van der Waals surface area contributed by atoms with Crippen molar-refractivity contribution in [2.24, 2.45) is 0 Å². The lowest BCUT2D eigenvalue weighted by Gasteiger charge is -2.31. The largest absolute Gasteiger partial charge is 0.497 e. The molecule has 2 aromatic carbocycles. The highest BCUT2D eigenvalue weighted by molar-refractivity contribution is 6.04. The Bertz CT molecular complexity index is 973. The summed E-state index contributed by atoms with van der Waals surface area (Å²) < 4.78 is 5.22. The van der Waals surface area contributed by atoms with Crippen LogP contribution in [0.15, 0.2) is 66.9 Å². The van der Waals surface area contributed by atoms with Gasteiger partial charge >= 0.3 is 0 Å². The molecule has 0 atom stereocenters.